The van der Waals surface area contributed by atoms with Crippen LogP contribution < -0.4 is 5.73 Å². The molecule has 0 spiro atoms. The standard InChI is InChI=1S/C14H19NO2/c1-8(2)10-5-4-9(3)11-6-13(12(16)7-15)17-14(10)11/h4-6,8,12,16H,7,15H2,1-3H3. The molecule has 3 heteroatoms. The normalized spacial score (nSPS) is 13.5. The summed E-state index contributed by atoms with van der Waals surface area (Å²) in [6.07, 6.45) is -0.721. The zero-order chi connectivity index (χ0) is 12.6. The van der Waals surface area contributed by atoms with Gasteiger partial charge in [0, 0.05) is 11.9 Å². The summed E-state index contributed by atoms with van der Waals surface area (Å²) in [5.41, 5.74) is 8.65. The van der Waals surface area contributed by atoms with Crippen molar-refractivity contribution < 1.29 is 9.52 Å². The molecule has 1 atom stereocenters. The lowest BCUT2D eigenvalue weighted by Gasteiger charge is -2.07. The summed E-state index contributed by atoms with van der Waals surface area (Å²) in [4.78, 5) is 0. The molecule has 0 saturated carbocycles. The molecule has 3 nitrogen and oxygen atoms in total. The Labute approximate surface area is 101 Å². The summed E-state index contributed by atoms with van der Waals surface area (Å²) in [5, 5.41) is 10.8. The largest absolute Gasteiger partial charge is 0.458 e. The number of hydrogen-bond acceptors (Lipinski definition) is 3. The summed E-state index contributed by atoms with van der Waals surface area (Å²) in [7, 11) is 0. The number of aryl methyl sites for hydroxylation is 1. The highest BCUT2D eigenvalue weighted by Gasteiger charge is 2.16. The second kappa shape index (κ2) is 4.51. The van der Waals surface area contributed by atoms with Gasteiger partial charge in [-0.2, -0.15) is 0 Å². The molecule has 1 heterocycles. The number of aliphatic hydroxyl groups is 1. The molecule has 3 N–H and O–H groups in total. The Kier molecular flexibility index (Phi) is 3.22. The Hall–Kier alpha value is -1.32. The fraction of sp³-hybridized carbons (Fsp3) is 0.429. The average Bonchev–Trinajstić information content (AvgIpc) is 2.73. The van der Waals surface area contributed by atoms with Crippen molar-refractivity contribution in [1.82, 2.24) is 0 Å². The SMILES string of the molecule is Cc1ccc(C(C)C)c2oc(C(O)CN)cc12. The van der Waals surface area contributed by atoms with Gasteiger partial charge >= 0.3 is 0 Å². The topological polar surface area (TPSA) is 59.4 Å². The maximum atomic E-state index is 9.73. The molecule has 2 rings (SSSR count). The molecule has 1 aromatic carbocycles. The van der Waals surface area contributed by atoms with Crippen LogP contribution in [-0.4, -0.2) is 11.7 Å². The fourth-order valence-corrected chi connectivity index (χ4v) is 2.03. The van der Waals surface area contributed by atoms with Gasteiger partial charge in [-0.3, -0.25) is 0 Å². The summed E-state index contributed by atoms with van der Waals surface area (Å²) in [6.45, 7) is 6.48. The van der Waals surface area contributed by atoms with Crippen molar-refractivity contribution in [2.45, 2.75) is 32.8 Å². The Bertz CT molecular complexity index is 528. The minimum absolute atomic E-state index is 0.176. The minimum Gasteiger partial charge on any atom is -0.458 e. The monoisotopic (exact) mass is 233 g/mol. The summed E-state index contributed by atoms with van der Waals surface area (Å²) >= 11 is 0. The molecule has 0 aliphatic heterocycles. The predicted octanol–water partition coefficient (Wildman–Crippen LogP) is 2.86. The molecular weight excluding hydrogens is 214 g/mol. The molecule has 2 aromatic rings. The lowest BCUT2D eigenvalue weighted by atomic mass is 9.99. The molecule has 0 saturated heterocycles. The van der Waals surface area contributed by atoms with Crippen LogP contribution in [0.3, 0.4) is 0 Å². The van der Waals surface area contributed by atoms with Crippen molar-refractivity contribution >= 4 is 11.0 Å². The van der Waals surface area contributed by atoms with E-state index in [1.807, 2.05) is 13.0 Å². The van der Waals surface area contributed by atoms with Crippen LogP contribution in [0.2, 0.25) is 0 Å². The van der Waals surface area contributed by atoms with E-state index in [-0.39, 0.29) is 6.54 Å². The molecule has 0 fully saturated rings. The smallest absolute Gasteiger partial charge is 0.138 e. The first-order valence-electron chi connectivity index (χ1n) is 5.95. The third-order valence-corrected chi connectivity index (χ3v) is 3.12. The van der Waals surface area contributed by atoms with Crippen LogP contribution in [0.1, 0.15) is 42.8 Å². The first kappa shape index (κ1) is 12.1. The molecular formula is C14H19NO2. The minimum atomic E-state index is -0.721. The van der Waals surface area contributed by atoms with E-state index in [1.165, 1.54) is 5.56 Å². The van der Waals surface area contributed by atoms with Crippen molar-refractivity contribution in [1.29, 1.82) is 0 Å². The van der Waals surface area contributed by atoms with Gasteiger partial charge in [-0.05, 0) is 30.0 Å². The van der Waals surface area contributed by atoms with E-state index < -0.39 is 6.10 Å². The zero-order valence-corrected chi connectivity index (χ0v) is 10.5. The fourth-order valence-electron chi connectivity index (χ4n) is 2.03. The van der Waals surface area contributed by atoms with Crippen molar-refractivity contribution in [3.8, 4) is 0 Å². The van der Waals surface area contributed by atoms with Gasteiger partial charge in [0.2, 0.25) is 0 Å². The Morgan fingerprint density at radius 3 is 2.65 bits per heavy atom. The number of rotatable bonds is 3. The highest BCUT2D eigenvalue weighted by atomic mass is 16.4. The van der Waals surface area contributed by atoms with Crippen LogP contribution in [0.15, 0.2) is 22.6 Å². The summed E-state index contributed by atoms with van der Waals surface area (Å²) in [5.74, 6) is 0.950. The van der Waals surface area contributed by atoms with E-state index >= 15 is 0 Å². The predicted molar refractivity (Wildman–Crippen MR) is 69.1 cm³/mol. The lowest BCUT2D eigenvalue weighted by molar-refractivity contribution is 0.160. The Morgan fingerprint density at radius 2 is 2.06 bits per heavy atom. The Balaban J connectivity index is 2.65. The quantitative estimate of drug-likeness (QED) is 0.857. The molecule has 1 aromatic heterocycles. The van der Waals surface area contributed by atoms with Crippen molar-refractivity contribution in [3.05, 3.63) is 35.1 Å². The van der Waals surface area contributed by atoms with Gasteiger partial charge in [0.15, 0.2) is 0 Å². The highest BCUT2D eigenvalue weighted by Crippen LogP contribution is 2.32. The molecule has 0 aliphatic rings. The van der Waals surface area contributed by atoms with Crippen molar-refractivity contribution in [2.24, 2.45) is 5.73 Å². The van der Waals surface area contributed by atoms with Gasteiger partial charge in [-0.1, -0.05) is 26.0 Å². The van der Waals surface area contributed by atoms with Gasteiger partial charge in [0.05, 0.1) is 0 Å². The van der Waals surface area contributed by atoms with Gasteiger partial charge in [0.1, 0.15) is 17.4 Å². The van der Waals surface area contributed by atoms with Gasteiger partial charge in [-0.25, -0.2) is 0 Å². The van der Waals surface area contributed by atoms with Gasteiger partial charge in [-0.15, -0.1) is 0 Å². The first-order chi connectivity index (χ1) is 8.04. The molecule has 17 heavy (non-hydrogen) atoms. The Morgan fingerprint density at radius 1 is 1.35 bits per heavy atom. The van der Waals surface area contributed by atoms with E-state index in [4.69, 9.17) is 10.2 Å². The van der Waals surface area contributed by atoms with Crippen LogP contribution in [-0.2, 0) is 0 Å². The molecule has 0 bridgehead atoms. The summed E-state index contributed by atoms with van der Waals surface area (Å²) < 4.78 is 5.76. The number of furan rings is 1. The molecule has 0 amide bonds. The maximum Gasteiger partial charge on any atom is 0.138 e. The van der Waals surface area contributed by atoms with E-state index in [0.29, 0.717) is 11.7 Å². The average molecular weight is 233 g/mol. The van der Waals surface area contributed by atoms with Crippen LogP contribution in [0.5, 0.6) is 0 Å². The number of benzene rings is 1. The van der Waals surface area contributed by atoms with E-state index in [1.54, 1.807) is 0 Å². The van der Waals surface area contributed by atoms with E-state index in [0.717, 1.165) is 16.5 Å². The summed E-state index contributed by atoms with van der Waals surface area (Å²) in [6, 6.07) is 6.07. The van der Waals surface area contributed by atoms with Crippen LogP contribution >= 0.6 is 0 Å². The number of fused-ring (bicyclic) bond motifs is 1. The van der Waals surface area contributed by atoms with Crippen molar-refractivity contribution in [3.63, 3.8) is 0 Å². The number of hydrogen-bond donors (Lipinski definition) is 2. The van der Waals surface area contributed by atoms with Gasteiger partial charge < -0.3 is 15.3 Å². The van der Waals surface area contributed by atoms with E-state index in [2.05, 4.69) is 26.0 Å². The van der Waals surface area contributed by atoms with E-state index in [9.17, 15) is 5.11 Å². The van der Waals surface area contributed by atoms with Crippen LogP contribution in [0, 0.1) is 6.92 Å². The number of aliphatic hydroxyl groups excluding tert-OH is 1. The number of nitrogens with two attached hydrogens (primary N) is 1. The lowest BCUT2D eigenvalue weighted by Crippen LogP contribution is -2.10. The van der Waals surface area contributed by atoms with Crippen molar-refractivity contribution in [2.75, 3.05) is 6.54 Å². The maximum absolute atomic E-state index is 9.73. The second-order valence-corrected chi connectivity index (χ2v) is 4.77. The third-order valence-electron chi connectivity index (χ3n) is 3.12. The first-order valence-corrected chi connectivity index (χ1v) is 5.95. The third kappa shape index (κ3) is 2.08. The van der Waals surface area contributed by atoms with Crippen LogP contribution in [0.25, 0.3) is 11.0 Å². The molecule has 1 unspecified atom stereocenters. The molecule has 0 aliphatic carbocycles. The van der Waals surface area contributed by atoms with Gasteiger partial charge in [0.25, 0.3) is 0 Å². The second-order valence-electron chi connectivity index (χ2n) is 4.77. The zero-order valence-electron chi connectivity index (χ0n) is 10.5. The molecule has 92 valence electrons. The highest BCUT2D eigenvalue weighted by molar-refractivity contribution is 5.85. The van der Waals surface area contributed by atoms with Crippen LogP contribution in [0.4, 0.5) is 0 Å². The molecule has 0 radical (unpaired) electrons.